The first-order chi connectivity index (χ1) is 14.5. The molecule has 0 saturated heterocycles. The highest BCUT2D eigenvalue weighted by atomic mass is 16.4. The third-order valence-corrected chi connectivity index (χ3v) is 4.36. The number of hydrogen-bond acceptors (Lipinski definition) is 5. The van der Waals surface area contributed by atoms with Crippen molar-refractivity contribution in [1.82, 2.24) is 0 Å². The first-order valence-electron chi connectivity index (χ1n) is 9.01. The molecule has 0 fully saturated rings. The predicted octanol–water partition coefficient (Wildman–Crippen LogP) is 4.32. The van der Waals surface area contributed by atoms with Gasteiger partial charge in [0.25, 0.3) is 5.91 Å². The third kappa shape index (κ3) is 4.05. The normalized spacial score (nSPS) is 11.4. The second kappa shape index (κ2) is 7.92. The molecular weight excluding hydrogens is 384 g/mol. The Hall–Kier alpha value is -4.39. The number of carbonyl (C=O) groups excluding carboxylic acids is 1. The zero-order valence-corrected chi connectivity index (χ0v) is 15.6. The lowest BCUT2D eigenvalue weighted by Crippen LogP contribution is -2.21. The summed E-state index contributed by atoms with van der Waals surface area (Å²) in [5.74, 6) is -1.44. The predicted molar refractivity (Wildman–Crippen MR) is 111 cm³/mol. The lowest BCUT2D eigenvalue weighted by atomic mass is 10.1. The van der Waals surface area contributed by atoms with Crippen molar-refractivity contribution < 1.29 is 24.2 Å². The van der Waals surface area contributed by atoms with E-state index in [-0.39, 0.29) is 22.4 Å². The number of rotatable bonds is 4. The molecule has 3 aromatic carbocycles. The molecule has 7 heteroatoms. The van der Waals surface area contributed by atoms with Crippen LogP contribution in [0.3, 0.4) is 0 Å². The van der Waals surface area contributed by atoms with Crippen LogP contribution in [0.5, 0.6) is 5.75 Å². The number of hydrogen-bond donors (Lipinski definition) is 3. The van der Waals surface area contributed by atoms with Gasteiger partial charge in [-0.3, -0.25) is 4.79 Å². The molecule has 7 nitrogen and oxygen atoms in total. The van der Waals surface area contributed by atoms with E-state index in [1.54, 1.807) is 36.4 Å². The number of nitrogens with one attached hydrogen (secondary N) is 1. The molecule has 1 amide bonds. The summed E-state index contributed by atoms with van der Waals surface area (Å²) >= 11 is 0. The fourth-order valence-corrected chi connectivity index (χ4v) is 2.87. The van der Waals surface area contributed by atoms with Crippen LogP contribution in [0.25, 0.3) is 11.0 Å². The van der Waals surface area contributed by atoms with Crippen LogP contribution in [0.15, 0.2) is 88.3 Å². The molecule has 0 unspecified atom stereocenters. The Morgan fingerprint density at radius 2 is 1.63 bits per heavy atom. The van der Waals surface area contributed by atoms with Crippen molar-refractivity contribution in [2.45, 2.75) is 0 Å². The van der Waals surface area contributed by atoms with Crippen molar-refractivity contribution >= 4 is 34.2 Å². The Bertz CT molecular complexity index is 1310. The van der Waals surface area contributed by atoms with Crippen molar-refractivity contribution in [3.8, 4) is 5.75 Å². The summed E-state index contributed by atoms with van der Waals surface area (Å²) in [6.07, 6.45) is 0. The summed E-state index contributed by atoms with van der Waals surface area (Å²) < 4.78 is 5.81. The molecule has 0 bridgehead atoms. The molecule has 0 aliphatic carbocycles. The van der Waals surface area contributed by atoms with Crippen LogP contribution in [0.2, 0.25) is 0 Å². The van der Waals surface area contributed by atoms with E-state index in [0.717, 1.165) is 0 Å². The number of carboxylic acids is 1. The van der Waals surface area contributed by atoms with Gasteiger partial charge in [-0.2, -0.15) is 0 Å². The summed E-state index contributed by atoms with van der Waals surface area (Å²) in [7, 11) is 0. The Labute approximate surface area is 170 Å². The molecular formula is C23H16N2O5. The number of carbonyl (C=O) groups is 2. The van der Waals surface area contributed by atoms with Gasteiger partial charge in [-0.1, -0.05) is 18.2 Å². The van der Waals surface area contributed by atoms with Crippen molar-refractivity contribution in [2.75, 3.05) is 5.32 Å². The van der Waals surface area contributed by atoms with Crippen LogP contribution in [-0.2, 0) is 0 Å². The third-order valence-electron chi connectivity index (χ3n) is 4.36. The number of phenols is 1. The highest BCUT2D eigenvalue weighted by molar-refractivity contribution is 6.05. The first-order valence-corrected chi connectivity index (χ1v) is 9.01. The standard InChI is InChI=1S/C23H16N2O5/c26-18-11-8-15-12-19(21(27)24-16-4-2-1-3-5-16)22(30-20(15)13-18)25-17-9-6-14(7-10-17)23(28)29/h1-13,26H,(H,24,27)(H,28,29). The van der Waals surface area contributed by atoms with E-state index in [1.165, 1.54) is 36.4 Å². The van der Waals surface area contributed by atoms with E-state index in [0.29, 0.717) is 22.3 Å². The van der Waals surface area contributed by atoms with E-state index in [4.69, 9.17) is 9.52 Å². The Kier molecular flexibility index (Phi) is 5.00. The minimum Gasteiger partial charge on any atom is -0.508 e. The van der Waals surface area contributed by atoms with Gasteiger partial charge in [0.1, 0.15) is 16.9 Å². The number of phenolic OH excluding ortho intramolecular Hbond substituents is 1. The van der Waals surface area contributed by atoms with Gasteiger partial charge in [0.05, 0.1) is 11.3 Å². The summed E-state index contributed by atoms with van der Waals surface area (Å²) in [5.41, 5.74) is 1.73. The molecule has 1 aromatic heterocycles. The van der Waals surface area contributed by atoms with E-state index >= 15 is 0 Å². The highest BCUT2D eigenvalue weighted by Crippen LogP contribution is 2.21. The molecule has 0 aliphatic rings. The molecule has 30 heavy (non-hydrogen) atoms. The number of fused-ring (bicyclic) bond motifs is 1. The fraction of sp³-hybridized carbons (Fsp3) is 0. The second-order valence-corrected chi connectivity index (χ2v) is 6.47. The number of anilines is 1. The summed E-state index contributed by atoms with van der Waals surface area (Å²) in [4.78, 5) is 28.3. The number of nitrogens with zero attached hydrogens (tertiary/aromatic N) is 1. The van der Waals surface area contributed by atoms with Gasteiger partial charge >= 0.3 is 5.97 Å². The Balaban J connectivity index is 1.84. The Morgan fingerprint density at radius 1 is 0.900 bits per heavy atom. The van der Waals surface area contributed by atoms with Gasteiger partial charge in [0, 0.05) is 17.1 Å². The maximum Gasteiger partial charge on any atom is 0.335 e. The number of benzene rings is 3. The smallest absolute Gasteiger partial charge is 0.335 e. The molecule has 0 aliphatic heterocycles. The van der Waals surface area contributed by atoms with Crippen molar-refractivity contribution in [3.05, 3.63) is 95.5 Å². The van der Waals surface area contributed by atoms with E-state index < -0.39 is 11.9 Å². The number of aromatic carboxylic acids is 1. The first kappa shape index (κ1) is 18.9. The van der Waals surface area contributed by atoms with Gasteiger partial charge in [-0.15, -0.1) is 0 Å². The van der Waals surface area contributed by atoms with Gasteiger partial charge < -0.3 is 19.9 Å². The summed E-state index contributed by atoms with van der Waals surface area (Å²) in [5, 5.41) is 22.2. The quantitative estimate of drug-likeness (QED) is 0.472. The van der Waals surface area contributed by atoms with Crippen molar-refractivity contribution in [3.63, 3.8) is 0 Å². The van der Waals surface area contributed by atoms with Crippen LogP contribution in [0, 0.1) is 0 Å². The highest BCUT2D eigenvalue weighted by Gasteiger charge is 2.14. The average molecular weight is 400 g/mol. The molecule has 1 heterocycles. The van der Waals surface area contributed by atoms with Gasteiger partial charge in [-0.25, -0.2) is 9.79 Å². The fourth-order valence-electron chi connectivity index (χ4n) is 2.87. The largest absolute Gasteiger partial charge is 0.508 e. The van der Waals surface area contributed by atoms with Crippen LogP contribution < -0.4 is 10.9 Å². The maximum absolute atomic E-state index is 12.9. The lowest BCUT2D eigenvalue weighted by Gasteiger charge is -2.07. The monoisotopic (exact) mass is 400 g/mol. The van der Waals surface area contributed by atoms with Crippen LogP contribution >= 0.6 is 0 Å². The molecule has 0 spiro atoms. The van der Waals surface area contributed by atoms with Crippen LogP contribution in [-0.4, -0.2) is 22.1 Å². The summed E-state index contributed by atoms with van der Waals surface area (Å²) in [6, 6.07) is 21.0. The molecule has 0 atom stereocenters. The van der Waals surface area contributed by atoms with E-state index in [1.807, 2.05) is 6.07 Å². The minimum atomic E-state index is -1.05. The number of para-hydroxylation sites is 1. The molecule has 4 aromatic rings. The average Bonchev–Trinajstić information content (AvgIpc) is 2.74. The zero-order valence-electron chi connectivity index (χ0n) is 15.6. The van der Waals surface area contributed by atoms with Gasteiger partial charge in [0.15, 0.2) is 0 Å². The molecule has 0 saturated carbocycles. The topological polar surface area (TPSA) is 112 Å². The van der Waals surface area contributed by atoms with E-state index in [2.05, 4.69) is 10.3 Å². The lowest BCUT2D eigenvalue weighted by molar-refractivity contribution is 0.0696. The van der Waals surface area contributed by atoms with Crippen molar-refractivity contribution in [2.24, 2.45) is 4.99 Å². The maximum atomic E-state index is 12.9. The van der Waals surface area contributed by atoms with Gasteiger partial charge in [0.2, 0.25) is 5.55 Å². The molecule has 148 valence electrons. The second-order valence-electron chi connectivity index (χ2n) is 6.47. The Morgan fingerprint density at radius 3 is 2.33 bits per heavy atom. The van der Waals surface area contributed by atoms with Crippen molar-refractivity contribution in [1.29, 1.82) is 0 Å². The van der Waals surface area contributed by atoms with Crippen LogP contribution in [0.4, 0.5) is 11.4 Å². The molecule has 3 N–H and O–H groups in total. The SMILES string of the molecule is O=C(O)c1ccc(N=c2oc3cc(O)ccc3cc2C(=O)Nc2ccccc2)cc1. The molecule has 4 rings (SSSR count). The molecule has 0 radical (unpaired) electrons. The van der Waals surface area contributed by atoms with E-state index in [9.17, 15) is 14.7 Å². The van der Waals surface area contributed by atoms with Gasteiger partial charge in [-0.05, 0) is 54.6 Å². The zero-order chi connectivity index (χ0) is 21.1. The number of aromatic hydroxyl groups is 1. The minimum absolute atomic E-state index is 0.0181. The number of carboxylic acid groups (broad SMARTS) is 1. The van der Waals surface area contributed by atoms with Crippen LogP contribution in [0.1, 0.15) is 20.7 Å². The number of amides is 1. The summed E-state index contributed by atoms with van der Waals surface area (Å²) in [6.45, 7) is 0.